The van der Waals surface area contributed by atoms with Gasteiger partial charge in [0.2, 0.25) is 5.91 Å². The third-order valence-electron chi connectivity index (χ3n) is 6.62. The third kappa shape index (κ3) is 6.34. The van der Waals surface area contributed by atoms with Crippen molar-refractivity contribution in [3.05, 3.63) is 41.6 Å². The molecular weight excluding hydrogens is 466 g/mol. The molecule has 0 saturated carbocycles. The van der Waals surface area contributed by atoms with Crippen LogP contribution in [-0.4, -0.2) is 87.1 Å². The lowest BCUT2D eigenvalue weighted by atomic mass is 9.95. The van der Waals surface area contributed by atoms with E-state index >= 15 is 0 Å². The average Bonchev–Trinajstić information content (AvgIpc) is 3.27. The Kier molecular flexibility index (Phi) is 7.36. The Hall–Kier alpha value is -3.05. The maximum Gasteiger partial charge on any atom is 0.344 e. The summed E-state index contributed by atoms with van der Waals surface area (Å²) in [6.07, 6.45) is 4.63. The number of piperazine rings is 1. The number of nitrogens with one attached hydrogen (secondary N) is 1. The fourth-order valence-electron chi connectivity index (χ4n) is 4.70. The second kappa shape index (κ2) is 10.3. The molecule has 1 unspecified atom stereocenters. The fraction of sp³-hybridized carbons (Fsp3) is 0.500. The highest BCUT2D eigenvalue weighted by Gasteiger charge is 2.26. The molecule has 2 fully saturated rings. The number of carbonyl (C=O) groups is 2. The van der Waals surface area contributed by atoms with Crippen molar-refractivity contribution in [2.45, 2.75) is 26.3 Å². The van der Waals surface area contributed by atoms with Crippen LogP contribution in [0.25, 0.3) is 0 Å². The zero-order valence-corrected chi connectivity index (χ0v) is 21.3. The van der Waals surface area contributed by atoms with Crippen LogP contribution in [0.15, 0.2) is 30.5 Å². The van der Waals surface area contributed by atoms with Gasteiger partial charge in [-0.1, -0.05) is 12.1 Å². The summed E-state index contributed by atoms with van der Waals surface area (Å²) in [5, 5.41) is 4.19. The predicted molar refractivity (Wildman–Crippen MR) is 140 cm³/mol. The normalized spacial score (nSPS) is 19.4. The molecule has 2 amide bonds. The second-order valence-corrected chi connectivity index (χ2v) is 11.8. The van der Waals surface area contributed by atoms with Crippen molar-refractivity contribution < 1.29 is 13.8 Å². The number of piperidine rings is 1. The number of aromatic nitrogens is 2. The molecule has 4 rings (SSSR count). The van der Waals surface area contributed by atoms with Crippen molar-refractivity contribution in [1.82, 2.24) is 19.6 Å². The Morgan fingerprint density at radius 1 is 1.14 bits per heavy atom. The van der Waals surface area contributed by atoms with Gasteiger partial charge >= 0.3 is 6.03 Å². The van der Waals surface area contributed by atoms with Gasteiger partial charge in [-0.25, -0.2) is 9.00 Å². The van der Waals surface area contributed by atoms with Crippen molar-refractivity contribution in [2.75, 3.05) is 55.1 Å². The minimum atomic E-state index is -2.45. The highest BCUT2D eigenvalue weighted by atomic mass is 32.2. The Labute approximate surface area is 207 Å². The van der Waals surface area contributed by atoms with Crippen LogP contribution in [0.5, 0.6) is 0 Å². The summed E-state index contributed by atoms with van der Waals surface area (Å²) in [6, 6.07) is 7.97. The number of benzene rings is 1. The van der Waals surface area contributed by atoms with Gasteiger partial charge in [0.05, 0.1) is 0 Å². The van der Waals surface area contributed by atoms with E-state index in [0.29, 0.717) is 18.9 Å². The van der Waals surface area contributed by atoms with E-state index in [0.717, 1.165) is 45.6 Å². The van der Waals surface area contributed by atoms with Crippen molar-refractivity contribution in [3.63, 3.8) is 0 Å². The van der Waals surface area contributed by atoms with Crippen LogP contribution < -0.4 is 15.4 Å². The highest BCUT2D eigenvalue weighted by Crippen LogP contribution is 2.29. The molecule has 0 radical (unpaired) electrons. The van der Waals surface area contributed by atoms with Crippen LogP contribution in [0, 0.1) is 12.8 Å². The third-order valence-corrected chi connectivity index (χ3v) is 7.26. The van der Waals surface area contributed by atoms with E-state index in [9.17, 15) is 13.8 Å². The van der Waals surface area contributed by atoms with Gasteiger partial charge in [0.25, 0.3) is 0 Å². The highest BCUT2D eigenvalue weighted by molar-refractivity contribution is 8.00. The lowest BCUT2D eigenvalue weighted by molar-refractivity contribution is -0.122. The van der Waals surface area contributed by atoms with E-state index in [1.165, 1.54) is 27.8 Å². The minimum Gasteiger partial charge on any atom is -0.371 e. The van der Waals surface area contributed by atoms with Crippen molar-refractivity contribution in [3.8, 4) is 0 Å². The molecule has 190 valence electrons. The molecular formula is C24H35N7O3S. The molecule has 0 bridgehead atoms. The molecule has 1 aromatic heterocycles. The number of carbonyl (C=O) groups excluding carboxylic acids is 2. The first-order valence-electron chi connectivity index (χ1n) is 11.9. The van der Waals surface area contributed by atoms with Crippen LogP contribution >= 0.6 is 0 Å². The number of nitrogens with zero attached hydrogens (tertiary/aromatic N) is 5. The monoisotopic (exact) mass is 501 g/mol. The van der Waals surface area contributed by atoms with Gasteiger partial charge < -0.3 is 15.5 Å². The molecule has 11 heteroatoms. The van der Waals surface area contributed by atoms with Crippen molar-refractivity contribution >= 4 is 39.0 Å². The molecule has 1 aromatic carbocycles. The number of primary amides is 1. The van der Waals surface area contributed by atoms with Gasteiger partial charge in [-0.05, 0) is 42.8 Å². The van der Waals surface area contributed by atoms with E-state index in [1.807, 2.05) is 0 Å². The molecule has 2 aliphatic rings. The smallest absolute Gasteiger partial charge is 0.344 e. The standard InChI is InChI=1S/C24H35N7O3S/c1-18-4-5-20(21(16-18)29-9-6-19(7-10-29)23(25)32)17-28-12-14-30(15-13-28)24(33)31-11-8-22(26-31)27-35(2,3)34/h4-5,8,11,16,19H,2,6-7,9-10,12-15,17H2,1,3H3,(H2,25,32)(H,26,27,34). The molecule has 35 heavy (non-hydrogen) atoms. The van der Waals surface area contributed by atoms with Crippen LogP contribution in [0.3, 0.4) is 0 Å². The maximum absolute atomic E-state index is 12.9. The van der Waals surface area contributed by atoms with Gasteiger partial charge in [0.1, 0.15) is 0 Å². The topological polar surface area (TPSA) is 117 Å². The number of hydrogen-bond acceptors (Lipinski definition) is 6. The Bertz CT molecular complexity index is 1180. The number of anilines is 2. The molecule has 10 nitrogen and oxygen atoms in total. The first-order valence-corrected chi connectivity index (χ1v) is 14.0. The van der Waals surface area contributed by atoms with E-state index in [2.05, 4.69) is 50.6 Å². The lowest BCUT2D eigenvalue weighted by Crippen LogP contribution is -2.49. The predicted octanol–water partition coefficient (Wildman–Crippen LogP) is 1.35. The van der Waals surface area contributed by atoms with Crippen LogP contribution in [0.1, 0.15) is 24.0 Å². The van der Waals surface area contributed by atoms with Gasteiger partial charge in [0.15, 0.2) is 5.82 Å². The van der Waals surface area contributed by atoms with Crippen molar-refractivity contribution in [1.29, 1.82) is 0 Å². The first kappa shape index (κ1) is 25.1. The van der Waals surface area contributed by atoms with Crippen molar-refractivity contribution in [2.24, 2.45) is 11.7 Å². The van der Waals surface area contributed by atoms with E-state index in [4.69, 9.17) is 5.73 Å². The molecule has 1 atom stereocenters. The Morgan fingerprint density at radius 3 is 2.46 bits per heavy atom. The zero-order chi connectivity index (χ0) is 25.2. The summed E-state index contributed by atoms with van der Waals surface area (Å²) >= 11 is 0. The molecule has 3 N–H and O–H groups in total. The molecule has 0 spiro atoms. The maximum atomic E-state index is 12.9. The van der Waals surface area contributed by atoms with Gasteiger partial charge in [0, 0.05) is 85.6 Å². The zero-order valence-electron chi connectivity index (χ0n) is 20.5. The van der Waals surface area contributed by atoms with Gasteiger partial charge in [-0.2, -0.15) is 4.68 Å². The summed E-state index contributed by atoms with van der Waals surface area (Å²) in [7, 11) is -2.45. The van der Waals surface area contributed by atoms with E-state index < -0.39 is 9.71 Å². The Morgan fingerprint density at radius 2 is 1.83 bits per heavy atom. The molecule has 3 heterocycles. The number of nitrogens with two attached hydrogens (primary N) is 1. The van der Waals surface area contributed by atoms with Gasteiger partial charge in [-0.3, -0.25) is 14.4 Å². The number of amides is 2. The minimum absolute atomic E-state index is 0.0310. The molecule has 0 aliphatic carbocycles. The summed E-state index contributed by atoms with van der Waals surface area (Å²) in [5.74, 6) is 3.69. The second-order valence-electron chi connectivity index (χ2n) is 9.59. The fourth-order valence-corrected chi connectivity index (χ4v) is 5.25. The quantitative estimate of drug-likeness (QED) is 0.577. The lowest BCUT2D eigenvalue weighted by Gasteiger charge is -2.37. The SMILES string of the molecule is C=S(C)(=O)Nc1ccn(C(=O)N2CCN(Cc3ccc(C)cc3N3CCC(C(N)=O)CC3)CC2)n1. The number of hydrogen-bond donors (Lipinski definition) is 2. The number of rotatable bonds is 6. The first-order chi connectivity index (χ1) is 16.6. The van der Waals surface area contributed by atoms with E-state index in [-0.39, 0.29) is 17.9 Å². The van der Waals surface area contributed by atoms with E-state index in [1.54, 1.807) is 17.2 Å². The summed E-state index contributed by atoms with van der Waals surface area (Å²) < 4.78 is 15.8. The summed E-state index contributed by atoms with van der Waals surface area (Å²) in [5.41, 5.74) is 9.20. The largest absolute Gasteiger partial charge is 0.371 e. The Balaban J connectivity index is 1.35. The van der Waals surface area contributed by atoms with Gasteiger partial charge in [-0.15, -0.1) is 5.10 Å². The number of aryl methyl sites for hydroxylation is 1. The average molecular weight is 502 g/mol. The van der Waals surface area contributed by atoms with Crippen LogP contribution in [0.2, 0.25) is 0 Å². The summed E-state index contributed by atoms with van der Waals surface area (Å²) in [6.45, 7) is 7.28. The summed E-state index contributed by atoms with van der Waals surface area (Å²) in [4.78, 5) is 30.9. The molecule has 2 aromatic rings. The molecule has 2 aliphatic heterocycles. The van der Waals surface area contributed by atoms with Crippen LogP contribution in [-0.2, 0) is 21.0 Å². The molecule has 2 saturated heterocycles. The van der Waals surface area contributed by atoms with Crippen LogP contribution in [0.4, 0.5) is 16.3 Å².